The Kier molecular flexibility index (Phi) is 10.4. The number of nitro benzene ring substituents is 2. The lowest BCUT2D eigenvalue weighted by Crippen LogP contribution is -2.40. The molecule has 14 nitrogen and oxygen atoms in total. The molecule has 3 aromatic rings. The van der Waals surface area contributed by atoms with E-state index in [1.165, 1.54) is 53.4 Å². The van der Waals surface area contributed by atoms with Crippen LogP contribution in [0.3, 0.4) is 0 Å². The Labute approximate surface area is 241 Å². The number of nitrogen functional groups attached to an aromatic ring is 2. The predicted octanol–water partition coefficient (Wildman–Crippen LogP) is 4.37. The summed E-state index contributed by atoms with van der Waals surface area (Å²) in [5.74, 6) is -0.766. The van der Waals surface area contributed by atoms with Crippen LogP contribution in [-0.2, 0) is 19.2 Å². The molecule has 4 amide bonds. The lowest BCUT2D eigenvalue weighted by Gasteiger charge is -2.24. The standard InChI is InChI=1S/C11H10N2O4.C11H12N2O2.C6H6N2O2.H2/c14-10-2-1-3-11(15)12(10)8-4-6-9(7-5-8)13(16)17;12-8-4-6-9(7-5-8)13-10(14)2-1-3-11(13)15;7-5-1-3-6(4-2-5)8(9)10;/h4-7H,1-3H2;4-7H,1-3,12H2;1-4H,7H2;1H. The van der Waals surface area contributed by atoms with Crippen LogP contribution in [0.25, 0.3) is 0 Å². The molecule has 220 valence electrons. The Bertz CT molecular complexity index is 1450. The summed E-state index contributed by atoms with van der Waals surface area (Å²) in [5, 5.41) is 20.6. The number of nitro groups is 2. The molecular formula is C28H30N6O8. The number of rotatable bonds is 4. The quantitative estimate of drug-likeness (QED) is 0.193. The number of imide groups is 2. The van der Waals surface area contributed by atoms with E-state index in [4.69, 9.17) is 11.5 Å². The predicted molar refractivity (Wildman–Crippen MR) is 156 cm³/mol. The second-order valence-electron chi connectivity index (χ2n) is 9.17. The molecule has 0 radical (unpaired) electrons. The molecule has 4 N–H and O–H groups in total. The molecule has 14 heteroatoms. The van der Waals surface area contributed by atoms with Crippen molar-refractivity contribution in [2.75, 3.05) is 21.3 Å². The van der Waals surface area contributed by atoms with E-state index in [9.17, 15) is 39.4 Å². The van der Waals surface area contributed by atoms with Crippen molar-refractivity contribution in [3.8, 4) is 0 Å². The van der Waals surface area contributed by atoms with Gasteiger partial charge in [-0.2, -0.15) is 0 Å². The zero-order valence-electron chi connectivity index (χ0n) is 22.4. The number of nitrogens with two attached hydrogens (primary N) is 2. The van der Waals surface area contributed by atoms with Gasteiger partial charge in [-0.3, -0.25) is 49.2 Å². The fourth-order valence-corrected chi connectivity index (χ4v) is 4.03. The monoisotopic (exact) mass is 578 g/mol. The van der Waals surface area contributed by atoms with Crippen molar-refractivity contribution in [2.45, 2.75) is 38.5 Å². The summed E-state index contributed by atoms with van der Waals surface area (Å²) < 4.78 is 0. The number of carbonyl (C=O) groups excluding carboxylic acids is 4. The van der Waals surface area contributed by atoms with Crippen molar-refractivity contribution < 1.29 is 30.5 Å². The van der Waals surface area contributed by atoms with Crippen molar-refractivity contribution in [1.82, 2.24) is 0 Å². The number of carbonyl (C=O) groups is 4. The molecule has 2 fully saturated rings. The topological polar surface area (TPSA) is 213 Å². The third kappa shape index (κ3) is 8.17. The summed E-state index contributed by atoms with van der Waals surface area (Å²) in [6.45, 7) is 0. The number of hydrogen-bond donors (Lipinski definition) is 2. The summed E-state index contributed by atoms with van der Waals surface area (Å²) in [4.78, 5) is 68.2. The molecule has 0 aromatic heterocycles. The summed E-state index contributed by atoms with van der Waals surface area (Å²) in [7, 11) is 0. The minimum atomic E-state index is -0.524. The maximum atomic E-state index is 11.6. The van der Waals surface area contributed by atoms with E-state index in [1.54, 1.807) is 24.3 Å². The van der Waals surface area contributed by atoms with Crippen LogP contribution in [0.15, 0.2) is 72.8 Å². The molecule has 2 aliphatic rings. The molecule has 0 unspecified atom stereocenters. The maximum Gasteiger partial charge on any atom is 0.269 e. The van der Waals surface area contributed by atoms with Gasteiger partial charge in [-0.15, -0.1) is 0 Å². The fraction of sp³-hybridized carbons (Fsp3) is 0.214. The number of nitrogens with zero attached hydrogens (tertiary/aromatic N) is 4. The van der Waals surface area contributed by atoms with Crippen molar-refractivity contribution in [2.24, 2.45) is 0 Å². The van der Waals surface area contributed by atoms with Crippen LogP contribution in [0, 0.1) is 20.2 Å². The summed E-state index contributed by atoms with van der Waals surface area (Å²) >= 11 is 0. The van der Waals surface area contributed by atoms with Gasteiger partial charge in [-0.25, -0.2) is 0 Å². The first-order valence-electron chi connectivity index (χ1n) is 12.8. The lowest BCUT2D eigenvalue weighted by molar-refractivity contribution is -0.385. The third-order valence-corrected chi connectivity index (χ3v) is 6.13. The van der Waals surface area contributed by atoms with Crippen molar-refractivity contribution in [3.63, 3.8) is 0 Å². The van der Waals surface area contributed by atoms with Gasteiger partial charge in [0.05, 0.1) is 21.2 Å². The second-order valence-corrected chi connectivity index (χ2v) is 9.17. The fourth-order valence-electron chi connectivity index (χ4n) is 4.03. The van der Waals surface area contributed by atoms with Crippen LogP contribution >= 0.6 is 0 Å². The highest BCUT2D eigenvalue weighted by atomic mass is 16.6. The van der Waals surface area contributed by atoms with Crippen LogP contribution in [0.4, 0.5) is 34.1 Å². The van der Waals surface area contributed by atoms with Crippen LogP contribution < -0.4 is 21.3 Å². The highest BCUT2D eigenvalue weighted by Gasteiger charge is 2.28. The van der Waals surface area contributed by atoms with Crippen LogP contribution in [-0.4, -0.2) is 33.5 Å². The van der Waals surface area contributed by atoms with Gasteiger partial charge in [0, 0.05) is 62.8 Å². The highest BCUT2D eigenvalue weighted by molar-refractivity contribution is 6.17. The minimum absolute atomic E-state index is 0. The molecule has 2 saturated heterocycles. The first-order valence-corrected chi connectivity index (χ1v) is 12.8. The Hall–Kier alpha value is -5.66. The molecule has 0 bridgehead atoms. The maximum absolute atomic E-state index is 11.6. The van der Waals surface area contributed by atoms with E-state index < -0.39 is 9.85 Å². The zero-order chi connectivity index (χ0) is 30.8. The van der Waals surface area contributed by atoms with Gasteiger partial charge in [0.1, 0.15) is 0 Å². The van der Waals surface area contributed by atoms with Crippen molar-refractivity contribution in [3.05, 3.63) is 93.0 Å². The van der Waals surface area contributed by atoms with Gasteiger partial charge in [-0.1, -0.05) is 0 Å². The Balaban J connectivity index is 0.000000230. The van der Waals surface area contributed by atoms with E-state index in [-0.39, 0.29) is 36.4 Å². The molecule has 3 aromatic carbocycles. The van der Waals surface area contributed by atoms with Gasteiger partial charge in [0.2, 0.25) is 23.6 Å². The van der Waals surface area contributed by atoms with Gasteiger partial charge < -0.3 is 11.5 Å². The Morgan fingerprint density at radius 3 is 1.10 bits per heavy atom. The van der Waals surface area contributed by atoms with Gasteiger partial charge in [0.15, 0.2) is 0 Å². The van der Waals surface area contributed by atoms with E-state index in [0.717, 1.165) is 4.90 Å². The summed E-state index contributed by atoms with van der Waals surface area (Å²) in [6.07, 6.45) is 2.78. The van der Waals surface area contributed by atoms with Gasteiger partial charge in [0.25, 0.3) is 11.4 Å². The summed E-state index contributed by atoms with van der Waals surface area (Å²) in [5.41, 5.74) is 13.0. The Morgan fingerprint density at radius 1 is 0.524 bits per heavy atom. The van der Waals surface area contributed by atoms with Crippen molar-refractivity contribution in [1.29, 1.82) is 0 Å². The number of hydrogen-bond acceptors (Lipinski definition) is 10. The van der Waals surface area contributed by atoms with E-state index in [0.29, 0.717) is 61.3 Å². The third-order valence-electron chi connectivity index (χ3n) is 6.13. The first kappa shape index (κ1) is 30.9. The van der Waals surface area contributed by atoms with E-state index in [1.807, 2.05) is 0 Å². The number of non-ortho nitro benzene ring substituents is 2. The number of amides is 4. The highest BCUT2D eigenvalue weighted by Crippen LogP contribution is 2.25. The largest absolute Gasteiger partial charge is 0.399 e. The average molecular weight is 579 g/mol. The van der Waals surface area contributed by atoms with Gasteiger partial charge >= 0.3 is 0 Å². The molecule has 0 atom stereocenters. The SMILES string of the molecule is Nc1ccc(N2C(=O)CCCC2=O)cc1.Nc1ccc([N+](=O)[O-])cc1.O=C1CCCC(=O)N1c1ccc([N+](=O)[O-])cc1.[HH]. The summed E-state index contributed by atoms with van der Waals surface area (Å²) in [6, 6.07) is 17.9. The number of piperidine rings is 2. The molecule has 0 spiro atoms. The molecule has 42 heavy (non-hydrogen) atoms. The smallest absolute Gasteiger partial charge is 0.269 e. The normalized spacial score (nSPS) is 14.8. The molecule has 2 aliphatic heterocycles. The second kappa shape index (κ2) is 14.1. The van der Waals surface area contributed by atoms with Crippen molar-refractivity contribution >= 4 is 57.8 Å². The van der Waals surface area contributed by atoms with Gasteiger partial charge in [-0.05, 0) is 61.4 Å². The molecule has 0 saturated carbocycles. The first-order chi connectivity index (χ1) is 20.0. The molecule has 5 rings (SSSR count). The number of anilines is 4. The molecule has 2 heterocycles. The van der Waals surface area contributed by atoms with E-state index >= 15 is 0 Å². The lowest BCUT2D eigenvalue weighted by atomic mass is 10.1. The van der Waals surface area contributed by atoms with Crippen LogP contribution in [0.5, 0.6) is 0 Å². The Morgan fingerprint density at radius 2 is 0.786 bits per heavy atom. The van der Waals surface area contributed by atoms with Crippen LogP contribution in [0.2, 0.25) is 0 Å². The minimum Gasteiger partial charge on any atom is -0.399 e. The molecular weight excluding hydrogens is 548 g/mol. The molecule has 0 aliphatic carbocycles. The van der Waals surface area contributed by atoms with E-state index in [2.05, 4.69) is 0 Å². The zero-order valence-corrected chi connectivity index (χ0v) is 22.4. The number of benzene rings is 3. The average Bonchev–Trinajstić information content (AvgIpc) is 2.95. The van der Waals surface area contributed by atoms with Crippen LogP contribution in [0.1, 0.15) is 40.0 Å².